The van der Waals surface area contributed by atoms with Gasteiger partial charge in [-0.25, -0.2) is 22.2 Å². The Morgan fingerprint density at radius 3 is 2.39 bits per heavy atom. The van der Waals surface area contributed by atoms with Crippen LogP contribution in [0.15, 0.2) is 71.6 Å². The summed E-state index contributed by atoms with van der Waals surface area (Å²) in [6.45, 7) is 1.89. The van der Waals surface area contributed by atoms with Gasteiger partial charge in [0.15, 0.2) is 11.6 Å². The fourth-order valence-electron chi connectivity index (χ4n) is 3.15. The monoisotopic (exact) mass is 487 g/mol. The van der Waals surface area contributed by atoms with Crippen LogP contribution in [-0.2, 0) is 10.0 Å². The number of hydrogen-bond acceptors (Lipinski definition) is 5. The average molecular weight is 488 g/mol. The summed E-state index contributed by atoms with van der Waals surface area (Å²) < 4.78 is 54.7. The Balaban J connectivity index is 1.48. The molecule has 0 saturated carbocycles. The van der Waals surface area contributed by atoms with Crippen LogP contribution in [0.3, 0.4) is 0 Å². The number of hydrogen-bond donors (Lipinski definition) is 1. The number of thiazole rings is 1. The topological polar surface area (TPSA) is 79.4 Å². The normalized spacial score (nSPS) is 12.5. The standard InChI is InChI=1S/C23H19F2N3O3S2/c1-14(22-26-20-5-3-4-6-21(20)32-22)28(2)23(29)15-7-9-16(10-8-15)27-33(30,31)17-11-12-18(24)19(25)13-17/h3-14,27H,1-2H3. The third-order valence-corrected chi connectivity index (χ3v) is 7.74. The summed E-state index contributed by atoms with van der Waals surface area (Å²) >= 11 is 1.52. The quantitative estimate of drug-likeness (QED) is 0.405. The van der Waals surface area contributed by atoms with Gasteiger partial charge in [0.1, 0.15) is 5.01 Å². The molecule has 0 aliphatic carbocycles. The van der Waals surface area contributed by atoms with Crippen molar-refractivity contribution in [3.63, 3.8) is 0 Å². The maximum absolute atomic E-state index is 13.4. The average Bonchev–Trinajstić information content (AvgIpc) is 3.24. The third-order valence-electron chi connectivity index (χ3n) is 5.15. The van der Waals surface area contributed by atoms with Crippen LogP contribution in [0, 0.1) is 11.6 Å². The van der Waals surface area contributed by atoms with Crippen LogP contribution >= 0.6 is 11.3 Å². The van der Waals surface area contributed by atoms with Crippen molar-refractivity contribution in [2.75, 3.05) is 11.8 Å². The first-order chi connectivity index (χ1) is 15.7. The van der Waals surface area contributed by atoms with E-state index in [1.807, 2.05) is 31.2 Å². The predicted octanol–water partition coefficient (Wildman–Crippen LogP) is 5.21. The Morgan fingerprint density at radius 2 is 1.73 bits per heavy atom. The summed E-state index contributed by atoms with van der Waals surface area (Å²) in [6.07, 6.45) is 0. The van der Waals surface area contributed by atoms with Gasteiger partial charge in [-0.1, -0.05) is 12.1 Å². The van der Waals surface area contributed by atoms with Crippen molar-refractivity contribution in [3.8, 4) is 0 Å². The first kappa shape index (κ1) is 22.8. The van der Waals surface area contributed by atoms with Crippen molar-refractivity contribution in [2.24, 2.45) is 0 Å². The molecule has 1 aromatic heterocycles. The minimum Gasteiger partial charge on any atom is -0.333 e. The van der Waals surface area contributed by atoms with Gasteiger partial charge in [-0.2, -0.15) is 0 Å². The lowest BCUT2D eigenvalue weighted by atomic mass is 10.1. The van der Waals surface area contributed by atoms with E-state index < -0.39 is 26.6 Å². The number of sulfonamides is 1. The number of rotatable bonds is 6. The van der Waals surface area contributed by atoms with E-state index in [2.05, 4.69) is 9.71 Å². The number of anilines is 1. The number of halogens is 2. The van der Waals surface area contributed by atoms with E-state index in [1.54, 1.807) is 11.9 Å². The second kappa shape index (κ2) is 8.87. The van der Waals surface area contributed by atoms with E-state index in [9.17, 15) is 22.0 Å². The number of para-hydroxylation sites is 1. The number of nitrogens with one attached hydrogen (secondary N) is 1. The molecule has 0 bridgehead atoms. The highest BCUT2D eigenvalue weighted by atomic mass is 32.2. The van der Waals surface area contributed by atoms with E-state index in [1.165, 1.54) is 35.6 Å². The molecule has 4 rings (SSSR count). The molecule has 0 spiro atoms. The first-order valence-corrected chi connectivity index (χ1v) is 12.2. The second-order valence-electron chi connectivity index (χ2n) is 7.37. The summed E-state index contributed by atoms with van der Waals surface area (Å²) in [4.78, 5) is 18.7. The summed E-state index contributed by atoms with van der Waals surface area (Å²) in [5, 5.41) is 0.808. The first-order valence-electron chi connectivity index (χ1n) is 9.86. The fourth-order valence-corrected chi connectivity index (χ4v) is 5.29. The van der Waals surface area contributed by atoms with E-state index in [0.29, 0.717) is 11.6 Å². The zero-order valence-corrected chi connectivity index (χ0v) is 19.3. The SMILES string of the molecule is CC(c1nc2ccccc2s1)N(C)C(=O)c1ccc(NS(=O)(=O)c2ccc(F)c(F)c2)cc1. The summed E-state index contributed by atoms with van der Waals surface area (Å²) in [5.41, 5.74) is 1.42. The van der Waals surface area contributed by atoms with Gasteiger partial charge in [0.2, 0.25) is 0 Å². The number of nitrogens with zero attached hydrogens (tertiary/aromatic N) is 2. The lowest BCUT2D eigenvalue weighted by Crippen LogP contribution is -2.29. The largest absolute Gasteiger partial charge is 0.333 e. The fraction of sp³-hybridized carbons (Fsp3) is 0.130. The molecule has 170 valence electrons. The van der Waals surface area contributed by atoms with Crippen LogP contribution in [-0.4, -0.2) is 31.3 Å². The molecular formula is C23H19F2N3O3S2. The minimum atomic E-state index is -4.12. The molecule has 1 heterocycles. The van der Waals surface area contributed by atoms with Gasteiger partial charge in [-0.05, 0) is 61.5 Å². The van der Waals surface area contributed by atoms with E-state index >= 15 is 0 Å². The number of carbonyl (C=O) groups is 1. The molecule has 1 unspecified atom stereocenters. The van der Waals surface area contributed by atoms with Crippen molar-refractivity contribution >= 4 is 43.2 Å². The van der Waals surface area contributed by atoms with E-state index in [-0.39, 0.29) is 17.6 Å². The molecule has 1 atom stereocenters. The molecule has 0 radical (unpaired) electrons. The van der Waals surface area contributed by atoms with Crippen LogP contribution < -0.4 is 4.72 Å². The Bertz CT molecular complexity index is 1400. The molecule has 0 aliphatic rings. The maximum atomic E-state index is 13.4. The number of aromatic nitrogens is 1. The van der Waals surface area contributed by atoms with E-state index in [4.69, 9.17) is 0 Å². The Hall–Kier alpha value is -3.37. The Labute approximate surface area is 193 Å². The number of benzene rings is 3. The molecule has 3 aromatic carbocycles. The van der Waals surface area contributed by atoms with Crippen molar-refractivity contribution in [2.45, 2.75) is 17.9 Å². The molecule has 4 aromatic rings. The molecule has 33 heavy (non-hydrogen) atoms. The summed E-state index contributed by atoms with van der Waals surface area (Å²) in [7, 11) is -2.44. The zero-order valence-electron chi connectivity index (χ0n) is 17.6. The molecule has 1 N–H and O–H groups in total. The predicted molar refractivity (Wildman–Crippen MR) is 124 cm³/mol. The summed E-state index contributed by atoms with van der Waals surface area (Å²) in [5.74, 6) is -2.65. The van der Waals surface area contributed by atoms with E-state index in [0.717, 1.165) is 27.4 Å². The van der Waals surface area contributed by atoms with Gasteiger partial charge in [0.25, 0.3) is 15.9 Å². The highest BCUT2D eigenvalue weighted by Gasteiger charge is 2.22. The maximum Gasteiger partial charge on any atom is 0.261 e. The van der Waals surface area contributed by atoms with Crippen molar-refractivity contribution in [3.05, 3.63) is 88.9 Å². The zero-order chi connectivity index (χ0) is 23.8. The lowest BCUT2D eigenvalue weighted by molar-refractivity contribution is 0.0742. The Morgan fingerprint density at radius 1 is 1.03 bits per heavy atom. The molecular weight excluding hydrogens is 468 g/mol. The summed E-state index contributed by atoms with van der Waals surface area (Å²) in [6, 6.07) is 15.6. The smallest absolute Gasteiger partial charge is 0.261 e. The third kappa shape index (κ3) is 4.71. The Kier molecular flexibility index (Phi) is 6.13. The van der Waals surface area contributed by atoms with Gasteiger partial charge < -0.3 is 4.90 Å². The number of carbonyl (C=O) groups excluding carboxylic acids is 1. The molecule has 0 aliphatic heterocycles. The van der Waals surface area contributed by atoms with Crippen LogP contribution in [0.25, 0.3) is 10.2 Å². The lowest BCUT2D eigenvalue weighted by Gasteiger charge is -2.23. The van der Waals surface area contributed by atoms with Crippen LogP contribution in [0.1, 0.15) is 28.3 Å². The van der Waals surface area contributed by atoms with Crippen LogP contribution in [0.2, 0.25) is 0 Å². The van der Waals surface area contributed by atoms with Crippen molar-refractivity contribution in [1.29, 1.82) is 0 Å². The number of amides is 1. The highest BCUT2D eigenvalue weighted by molar-refractivity contribution is 7.92. The van der Waals surface area contributed by atoms with Gasteiger partial charge in [0.05, 0.1) is 21.2 Å². The second-order valence-corrected chi connectivity index (χ2v) is 10.1. The van der Waals surface area contributed by atoms with Gasteiger partial charge in [-0.15, -0.1) is 11.3 Å². The highest BCUT2D eigenvalue weighted by Crippen LogP contribution is 2.29. The molecule has 1 amide bonds. The molecule has 0 saturated heterocycles. The van der Waals surface area contributed by atoms with Crippen molar-refractivity contribution < 1.29 is 22.0 Å². The van der Waals surface area contributed by atoms with Gasteiger partial charge >= 0.3 is 0 Å². The number of fused-ring (bicyclic) bond motifs is 1. The minimum absolute atomic E-state index is 0.179. The van der Waals surface area contributed by atoms with Gasteiger partial charge in [0, 0.05) is 18.3 Å². The van der Waals surface area contributed by atoms with Gasteiger partial charge in [-0.3, -0.25) is 9.52 Å². The molecule has 0 fully saturated rings. The van der Waals surface area contributed by atoms with Crippen LogP contribution in [0.5, 0.6) is 0 Å². The molecule has 6 nitrogen and oxygen atoms in total. The van der Waals surface area contributed by atoms with Crippen LogP contribution in [0.4, 0.5) is 14.5 Å². The molecule has 10 heteroatoms. The van der Waals surface area contributed by atoms with Crippen molar-refractivity contribution in [1.82, 2.24) is 9.88 Å².